The smallest absolute Gasteiger partial charge is 0.271 e. The molecule has 2 aromatic carbocycles. The highest BCUT2D eigenvalue weighted by Crippen LogP contribution is 2.32. The third-order valence-corrected chi connectivity index (χ3v) is 4.88. The summed E-state index contributed by atoms with van der Waals surface area (Å²) in [5.41, 5.74) is 2.99. The van der Waals surface area contributed by atoms with Crippen molar-refractivity contribution in [3.63, 3.8) is 0 Å². The van der Waals surface area contributed by atoms with Crippen LogP contribution in [0.5, 0.6) is 0 Å². The maximum atomic E-state index is 12.5. The van der Waals surface area contributed by atoms with Gasteiger partial charge in [-0.1, -0.05) is 30.0 Å². The van der Waals surface area contributed by atoms with E-state index in [0.29, 0.717) is 29.5 Å². The average Bonchev–Trinajstić information content (AvgIpc) is 3.22. The third-order valence-electron chi connectivity index (χ3n) is 4.07. The van der Waals surface area contributed by atoms with Crippen molar-refractivity contribution in [1.29, 1.82) is 0 Å². The molecule has 0 atom stereocenters. The van der Waals surface area contributed by atoms with E-state index in [1.165, 1.54) is 23.9 Å². The minimum atomic E-state index is -0.450. The van der Waals surface area contributed by atoms with Crippen LogP contribution in [0, 0.1) is 10.1 Å². The molecule has 25 heavy (non-hydrogen) atoms. The third kappa shape index (κ3) is 2.96. The number of nitro groups is 1. The van der Waals surface area contributed by atoms with Gasteiger partial charge in [0.25, 0.3) is 10.9 Å². The van der Waals surface area contributed by atoms with Gasteiger partial charge in [-0.2, -0.15) is 0 Å². The van der Waals surface area contributed by atoms with Crippen molar-refractivity contribution in [3.8, 4) is 0 Å². The first-order chi connectivity index (χ1) is 12.1. The number of amides is 1. The number of carbonyl (C=O) groups excluding carboxylic acids is 1. The van der Waals surface area contributed by atoms with Gasteiger partial charge in [0.2, 0.25) is 5.91 Å². The number of fused-ring (bicyclic) bond motifs is 2. The number of oxazole rings is 1. The van der Waals surface area contributed by atoms with Gasteiger partial charge in [0.1, 0.15) is 5.52 Å². The highest BCUT2D eigenvalue weighted by molar-refractivity contribution is 7.99. The number of aromatic nitrogens is 1. The van der Waals surface area contributed by atoms with E-state index in [4.69, 9.17) is 4.42 Å². The van der Waals surface area contributed by atoms with Gasteiger partial charge in [0.05, 0.1) is 16.4 Å². The second-order valence-electron chi connectivity index (χ2n) is 5.60. The van der Waals surface area contributed by atoms with Crippen molar-refractivity contribution in [2.75, 3.05) is 17.2 Å². The molecule has 126 valence electrons. The molecule has 0 aliphatic carbocycles. The summed E-state index contributed by atoms with van der Waals surface area (Å²) in [4.78, 5) is 29.0. The molecule has 0 unspecified atom stereocenters. The van der Waals surface area contributed by atoms with E-state index < -0.39 is 4.92 Å². The molecule has 0 spiro atoms. The molecule has 8 heteroatoms. The molecule has 7 nitrogen and oxygen atoms in total. The first-order valence-electron chi connectivity index (χ1n) is 7.68. The number of nitro benzene ring substituents is 1. The van der Waals surface area contributed by atoms with Crippen LogP contribution in [0.3, 0.4) is 0 Å². The largest absolute Gasteiger partial charge is 0.431 e. The summed E-state index contributed by atoms with van der Waals surface area (Å²) in [6.45, 7) is 0.531. The maximum absolute atomic E-state index is 12.5. The molecule has 3 aromatic rings. The van der Waals surface area contributed by atoms with Crippen molar-refractivity contribution >= 4 is 40.1 Å². The van der Waals surface area contributed by atoms with E-state index in [1.54, 1.807) is 11.0 Å². The highest BCUT2D eigenvalue weighted by Gasteiger charge is 2.27. The Labute approximate surface area is 146 Å². The molecule has 4 rings (SSSR count). The zero-order valence-electron chi connectivity index (χ0n) is 13.0. The monoisotopic (exact) mass is 355 g/mol. The van der Waals surface area contributed by atoms with E-state index >= 15 is 0 Å². The second kappa shape index (κ2) is 6.21. The molecule has 1 amide bonds. The molecule has 0 bridgehead atoms. The van der Waals surface area contributed by atoms with Crippen LogP contribution in [0.25, 0.3) is 11.1 Å². The average molecular weight is 355 g/mol. The lowest BCUT2D eigenvalue weighted by Crippen LogP contribution is -2.30. The highest BCUT2D eigenvalue weighted by atomic mass is 32.2. The van der Waals surface area contributed by atoms with Gasteiger partial charge < -0.3 is 9.32 Å². The minimum absolute atomic E-state index is 0.00921. The van der Waals surface area contributed by atoms with Crippen LogP contribution in [0.15, 0.2) is 52.1 Å². The Morgan fingerprint density at radius 3 is 2.96 bits per heavy atom. The normalized spacial score (nSPS) is 13.2. The van der Waals surface area contributed by atoms with E-state index in [1.807, 2.05) is 24.3 Å². The van der Waals surface area contributed by atoms with Gasteiger partial charge in [0.15, 0.2) is 5.58 Å². The number of benzene rings is 2. The summed E-state index contributed by atoms with van der Waals surface area (Å²) in [7, 11) is 0. The lowest BCUT2D eigenvalue weighted by atomic mass is 10.1. The minimum Gasteiger partial charge on any atom is -0.431 e. The van der Waals surface area contributed by atoms with Gasteiger partial charge in [-0.15, -0.1) is 0 Å². The van der Waals surface area contributed by atoms with Crippen molar-refractivity contribution in [3.05, 3.63) is 58.1 Å². The summed E-state index contributed by atoms with van der Waals surface area (Å²) < 4.78 is 5.59. The molecule has 0 saturated heterocycles. The summed E-state index contributed by atoms with van der Waals surface area (Å²) in [5.74, 6) is 0.0427. The van der Waals surface area contributed by atoms with Crippen molar-refractivity contribution in [2.24, 2.45) is 0 Å². The molecule has 1 aromatic heterocycles. The Kier molecular flexibility index (Phi) is 3.89. The fourth-order valence-electron chi connectivity index (χ4n) is 2.85. The second-order valence-corrected chi connectivity index (χ2v) is 6.53. The zero-order valence-corrected chi connectivity index (χ0v) is 13.9. The van der Waals surface area contributed by atoms with E-state index in [0.717, 1.165) is 11.1 Å². The number of anilines is 1. The molecule has 2 heterocycles. The van der Waals surface area contributed by atoms with Crippen LogP contribution in [0.1, 0.15) is 5.56 Å². The first-order valence-corrected chi connectivity index (χ1v) is 8.66. The van der Waals surface area contributed by atoms with Crippen molar-refractivity contribution < 1.29 is 14.1 Å². The molecule has 0 fully saturated rings. The van der Waals surface area contributed by atoms with Crippen molar-refractivity contribution in [2.45, 2.75) is 11.6 Å². The first kappa shape index (κ1) is 15.6. The standard InChI is InChI=1S/C17H13N3O4S/c21-16(10-25-17-18-13-3-1-2-4-15(13)24-17)19-8-7-11-5-6-12(20(22)23)9-14(11)19/h1-6,9H,7-8,10H2. The SMILES string of the molecule is O=C(CSc1nc2ccccc2o1)N1CCc2ccc([N+](=O)[O-])cc21. The van der Waals surface area contributed by atoms with Gasteiger partial charge in [-0.25, -0.2) is 4.98 Å². The Balaban J connectivity index is 1.49. The Morgan fingerprint density at radius 2 is 2.16 bits per heavy atom. The number of hydrogen-bond acceptors (Lipinski definition) is 6. The summed E-state index contributed by atoms with van der Waals surface area (Å²) in [6.07, 6.45) is 0.701. The van der Waals surface area contributed by atoms with Crippen LogP contribution in [-0.2, 0) is 11.2 Å². The number of non-ortho nitro benzene ring substituents is 1. The van der Waals surface area contributed by atoms with Gasteiger partial charge >= 0.3 is 0 Å². The molecular weight excluding hydrogens is 342 g/mol. The van der Waals surface area contributed by atoms with Crippen LogP contribution in [-0.4, -0.2) is 28.1 Å². The summed E-state index contributed by atoms with van der Waals surface area (Å²) >= 11 is 1.22. The fraction of sp³-hybridized carbons (Fsp3) is 0.176. The molecule has 0 radical (unpaired) electrons. The molecule has 0 N–H and O–H groups in total. The summed E-state index contributed by atoms with van der Waals surface area (Å²) in [6, 6.07) is 12.1. The van der Waals surface area contributed by atoms with Gasteiger partial charge in [0, 0.05) is 18.7 Å². The molecule has 1 aliphatic rings. The Bertz CT molecular complexity index is 952. The molecule has 1 aliphatic heterocycles. The Morgan fingerprint density at radius 1 is 1.32 bits per heavy atom. The predicted molar refractivity (Wildman–Crippen MR) is 93.9 cm³/mol. The predicted octanol–water partition coefficient (Wildman–Crippen LogP) is 3.42. The van der Waals surface area contributed by atoms with E-state index in [2.05, 4.69) is 4.98 Å². The van der Waals surface area contributed by atoms with Gasteiger partial charge in [-0.3, -0.25) is 14.9 Å². The van der Waals surface area contributed by atoms with Crippen LogP contribution < -0.4 is 4.90 Å². The van der Waals surface area contributed by atoms with Crippen molar-refractivity contribution in [1.82, 2.24) is 4.98 Å². The quantitative estimate of drug-likeness (QED) is 0.405. The molecular formula is C17H13N3O4S. The molecule has 0 saturated carbocycles. The lowest BCUT2D eigenvalue weighted by Gasteiger charge is -2.16. The van der Waals surface area contributed by atoms with Crippen LogP contribution >= 0.6 is 11.8 Å². The van der Waals surface area contributed by atoms with Crippen LogP contribution in [0.4, 0.5) is 11.4 Å². The fourth-order valence-corrected chi connectivity index (χ4v) is 3.57. The number of hydrogen-bond donors (Lipinski definition) is 0. The number of nitrogens with zero attached hydrogens (tertiary/aromatic N) is 3. The van der Waals surface area contributed by atoms with E-state index in [-0.39, 0.29) is 17.3 Å². The van der Waals surface area contributed by atoms with Crippen LogP contribution in [0.2, 0.25) is 0 Å². The number of carbonyl (C=O) groups is 1. The number of para-hydroxylation sites is 2. The maximum Gasteiger partial charge on any atom is 0.271 e. The number of thioether (sulfide) groups is 1. The zero-order chi connectivity index (χ0) is 17.4. The topological polar surface area (TPSA) is 89.5 Å². The van der Waals surface area contributed by atoms with Gasteiger partial charge in [-0.05, 0) is 24.1 Å². The van der Waals surface area contributed by atoms with E-state index in [9.17, 15) is 14.9 Å². The lowest BCUT2D eigenvalue weighted by molar-refractivity contribution is -0.384. The Hall–Kier alpha value is -2.87. The summed E-state index contributed by atoms with van der Waals surface area (Å²) in [5, 5.41) is 11.4. The number of rotatable bonds is 4.